The molecule has 31 heavy (non-hydrogen) atoms. The van der Waals surface area contributed by atoms with Gasteiger partial charge in [0, 0.05) is 0 Å². The molecule has 0 saturated carbocycles. The third-order valence-corrected chi connectivity index (χ3v) is 14.9. The van der Waals surface area contributed by atoms with Crippen molar-refractivity contribution in [3.8, 4) is 0 Å². The summed E-state index contributed by atoms with van der Waals surface area (Å²) in [5, 5.41) is 14.3. The number of alkyl halides is 3. The number of hydrogen-bond acceptors (Lipinski definition) is 5. The molecule has 6 nitrogen and oxygen atoms in total. The van der Waals surface area contributed by atoms with Gasteiger partial charge in [-0.15, -0.1) is 0 Å². The monoisotopic (exact) mass is 536 g/mol. The number of ether oxygens (including phenoxy) is 1. The van der Waals surface area contributed by atoms with Crippen LogP contribution in [0.4, 0.5) is 0 Å². The number of fused-ring (bicyclic) bond motifs is 3. The molecule has 7 heteroatoms. The standard InChI is InChI=1S/C24H29IN2O4/c1-3-24(30)16-8-12(2)21-14(10-26-22(28)15(16)11-31-23(24)29)19(20-17-9-25(17)20)13-6-4-5-7-18(13)27-21/h5,7-8,13-14,17-20,30H,3-4,6,9-11H2,1-2H3,(H,26,28)/b12-8+/t13?,14?,17?,18-,19?,20?,24?/m0/s1. The van der Waals surface area contributed by atoms with Crippen molar-refractivity contribution in [3.63, 3.8) is 0 Å². The van der Waals surface area contributed by atoms with Crippen molar-refractivity contribution in [2.24, 2.45) is 22.7 Å². The van der Waals surface area contributed by atoms with Gasteiger partial charge in [0.2, 0.25) is 0 Å². The maximum atomic E-state index is 13.2. The molecule has 0 radical (unpaired) electrons. The third-order valence-electron chi connectivity index (χ3n) is 8.08. The van der Waals surface area contributed by atoms with Gasteiger partial charge in [0.25, 0.3) is 0 Å². The molecule has 5 aliphatic heterocycles. The molecule has 6 rings (SSSR count). The summed E-state index contributed by atoms with van der Waals surface area (Å²) < 4.78 is 8.69. The molecule has 7 atom stereocenters. The van der Waals surface area contributed by atoms with Gasteiger partial charge in [0.15, 0.2) is 0 Å². The van der Waals surface area contributed by atoms with Crippen LogP contribution in [0.3, 0.4) is 0 Å². The maximum absolute atomic E-state index is 13.2. The Labute approximate surface area is 189 Å². The Morgan fingerprint density at radius 1 is 1.39 bits per heavy atom. The van der Waals surface area contributed by atoms with Crippen molar-refractivity contribution in [2.75, 3.05) is 17.6 Å². The number of halogens is 1. The number of amides is 1. The predicted octanol–water partition coefficient (Wildman–Crippen LogP) is 2.35. The molecule has 6 aliphatic rings. The summed E-state index contributed by atoms with van der Waals surface area (Å²) in [5.41, 5.74) is 0.983. The average molecular weight is 536 g/mol. The van der Waals surface area contributed by atoms with Crippen molar-refractivity contribution >= 4 is 37.4 Å². The molecule has 0 spiro atoms. The second-order valence-corrected chi connectivity index (χ2v) is 16.0. The van der Waals surface area contributed by atoms with E-state index in [-0.39, 0.29) is 30.9 Å². The first-order valence-electron chi connectivity index (χ1n) is 11.4. The first-order valence-corrected chi connectivity index (χ1v) is 15.4. The fourth-order valence-corrected chi connectivity index (χ4v) is 14.2. The van der Waals surface area contributed by atoms with Gasteiger partial charge >= 0.3 is 190 Å². The average Bonchev–Trinajstić information content (AvgIpc) is 3.68. The van der Waals surface area contributed by atoms with Gasteiger partial charge in [0.05, 0.1) is 0 Å². The molecule has 5 heterocycles. The van der Waals surface area contributed by atoms with E-state index in [0.29, 0.717) is 29.5 Å². The number of carbonyl (C=O) groups excluding carboxylic acids is 2. The van der Waals surface area contributed by atoms with Crippen LogP contribution in [0.25, 0.3) is 0 Å². The number of esters is 1. The first kappa shape index (κ1) is 20.1. The zero-order chi connectivity index (χ0) is 21.5. The van der Waals surface area contributed by atoms with Crippen molar-refractivity contribution < 1.29 is 19.4 Å². The minimum atomic E-state index is -1.79. The van der Waals surface area contributed by atoms with Gasteiger partial charge in [-0.05, 0) is 0 Å². The number of aliphatic imine (C=N–C) groups is 1. The Bertz CT molecular complexity index is 990. The molecule has 0 aromatic carbocycles. The Morgan fingerprint density at radius 3 is 2.90 bits per heavy atom. The van der Waals surface area contributed by atoms with Gasteiger partial charge < -0.3 is 0 Å². The van der Waals surface area contributed by atoms with Crippen LogP contribution in [0.1, 0.15) is 33.1 Å². The summed E-state index contributed by atoms with van der Waals surface area (Å²) in [6.07, 6.45) is 8.87. The van der Waals surface area contributed by atoms with E-state index in [1.807, 2.05) is 13.0 Å². The topological polar surface area (TPSA) is 88.0 Å². The normalized spacial score (nSPS) is 45.8. The molecule has 2 N–H and O–H groups in total. The third kappa shape index (κ3) is 2.95. The van der Waals surface area contributed by atoms with Gasteiger partial charge in [-0.1, -0.05) is 0 Å². The van der Waals surface area contributed by atoms with Crippen molar-refractivity contribution in [2.45, 2.75) is 52.6 Å². The molecular formula is C24H29IN2O4. The molecule has 1 aliphatic carbocycles. The molecule has 166 valence electrons. The van der Waals surface area contributed by atoms with Gasteiger partial charge in [-0.25, -0.2) is 0 Å². The minimum absolute atomic E-state index is 0.0960. The number of carbonyl (C=O) groups is 2. The van der Waals surface area contributed by atoms with Crippen LogP contribution >= 0.6 is 19.8 Å². The van der Waals surface area contributed by atoms with Crippen molar-refractivity contribution in [3.05, 3.63) is 34.9 Å². The zero-order valence-corrected chi connectivity index (χ0v) is 20.1. The van der Waals surface area contributed by atoms with E-state index in [9.17, 15) is 14.7 Å². The molecule has 6 unspecified atom stereocenters. The SMILES string of the molecule is CCC1(O)C(=O)OCC2=C1/C=C(\C)C1=N[C@H]3C=CCCC3C(C3C4CI43)C1CNC2=O. The molecular weight excluding hydrogens is 507 g/mol. The Hall–Kier alpha value is -1.48. The summed E-state index contributed by atoms with van der Waals surface area (Å²) in [6.45, 7) is 4.24. The second-order valence-electron chi connectivity index (χ2n) is 9.63. The molecule has 2 saturated heterocycles. The summed E-state index contributed by atoms with van der Waals surface area (Å²) in [6, 6.07) is 0.219. The van der Waals surface area contributed by atoms with E-state index < -0.39 is 31.4 Å². The van der Waals surface area contributed by atoms with Crippen molar-refractivity contribution in [1.29, 1.82) is 0 Å². The quantitative estimate of drug-likeness (QED) is 0.246. The fraction of sp³-hybridized carbons (Fsp3) is 0.625. The Balaban J connectivity index is 1.47. The fourth-order valence-electron chi connectivity index (χ4n) is 6.18. The van der Waals surface area contributed by atoms with E-state index in [1.165, 1.54) is 10.8 Å². The second kappa shape index (κ2) is 7.01. The van der Waals surface area contributed by atoms with Crippen LogP contribution in [0.15, 0.2) is 39.9 Å². The van der Waals surface area contributed by atoms with E-state index in [1.54, 1.807) is 6.92 Å². The molecule has 0 aromatic rings. The van der Waals surface area contributed by atoms with E-state index in [0.717, 1.165) is 25.6 Å². The van der Waals surface area contributed by atoms with Gasteiger partial charge in [-0.3, -0.25) is 0 Å². The number of rotatable bonds is 2. The molecule has 2 fully saturated rings. The molecule has 0 aromatic heterocycles. The number of hydrogen-bond donors (Lipinski definition) is 2. The Morgan fingerprint density at radius 2 is 2.19 bits per heavy atom. The number of nitrogens with one attached hydrogen (secondary N) is 1. The van der Waals surface area contributed by atoms with Crippen molar-refractivity contribution in [1.82, 2.24) is 5.32 Å². The zero-order valence-electron chi connectivity index (χ0n) is 17.9. The molecule has 0 bridgehead atoms. The van der Waals surface area contributed by atoms with E-state index in [4.69, 9.17) is 9.73 Å². The number of allylic oxidation sites excluding steroid dienone is 2. The number of aliphatic hydroxyl groups is 1. The van der Waals surface area contributed by atoms with E-state index >= 15 is 0 Å². The van der Waals surface area contributed by atoms with Gasteiger partial charge in [0.1, 0.15) is 0 Å². The van der Waals surface area contributed by atoms with Crippen LogP contribution in [-0.2, 0) is 14.3 Å². The number of nitrogens with zero attached hydrogens (tertiary/aromatic N) is 1. The summed E-state index contributed by atoms with van der Waals surface area (Å²) in [4.78, 5) is 30.8. The van der Waals surface area contributed by atoms with Crippen LogP contribution in [0.5, 0.6) is 0 Å². The van der Waals surface area contributed by atoms with E-state index in [2.05, 4.69) is 17.5 Å². The molecule has 1 amide bonds. The van der Waals surface area contributed by atoms with Crippen LogP contribution in [0.2, 0.25) is 0 Å². The van der Waals surface area contributed by atoms with Crippen LogP contribution in [0, 0.1) is 17.8 Å². The van der Waals surface area contributed by atoms with Crippen LogP contribution < -0.4 is 5.32 Å². The number of cyclic esters (lactones) is 1. The van der Waals surface area contributed by atoms with Crippen LogP contribution in [-0.4, -0.2) is 59.8 Å². The summed E-state index contributed by atoms with van der Waals surface area (Å²) >= 11 is -0.683. The van der Waals surface area contributed by atoms with Gasteiger partial charge in [-0.2, -0.15) is 0 Å². The Kier molecular flexibility index (Phi) is 4.55. The predicted molar refractivity (Wildman–Crippen MR) is 127 cm³/mol. The summed E-state index contributed by atoms with van der Waals surface area (Å²) in [5.74, 6) is 0.497. The first-order chi connectivity index (χ1) is 14.9. The summed E-state index contributed by atoms with van der Waals surface area (Å²) in [7, 11) is 0.